The first-order valence-electron chi connectivity index (χ1n) is 6.13. The van der Waals surface area contributed by atoms with E-state index in [4.69, 9.17) is 5.73 Å². The zero-order valence-corrected chi connectivity index (χ0v) is 13.1. The minimum absolute atomic E-state index is 0.0313. The lowest BCUT2D eigenvalue weighted by atomic mass is 10.1. The number of nitrogen functional groups attached to an aromatic ring is 1. The van der Waals surface area contributed by atoms with Crippen molar-refractivity contribution in [2.24, 2.45) is 0 Å². The molecule has 20 heavy (non-hydrogen) atoms. The second kappa shape index (κ2) is 6.13. The van der Waals surface area contributed by atoms with Crippen LogP contribution in [-0.2, 0) is 0 Å². The van der Waals surface area contributed by atoms with E-state index in [1.165, 1.54) is 6.07 Å². The molecule has 104 valence electrons. The quantitative estimate of drug-likeness (QED) is 0.564. The van der Waals surface area contributed by atoms with Crippen molar-refractivity contribution in [2.75, 3.05) is 5.73 Å². The van der Waals surface area contributed by atoms with E-state index in [1.54, 1.807) is 18.2 Å². The molecule has 0 saturated heterocycles. The molecule has 0 spiro atoms. The van der Waals surface area contributed by atoms with Crippen LogP contribution < -0.4 is 11.1 Å². The molecular formula is C15H15IN2O2. The Morgan fingerprint density at radius 3 is 2.70 bits per heavy atom. The molecule has 0 radical (unpaired) electrons. The lowest BCUT2D eigenvalue weighted by Crippen LogP contribution is -2.27. The Bertz CT molecular complexity index is 644. The SMILES string of the molecule is CC(NC(=O)c1cc(I)ccc1O)c1ccccc1N. The van der Waals surface area contributed by atoms with Crippen molar-refractivity contribution in [1.82, 2.24) is 5.32 Å². The molecule has 0 aliphatic rings. The van der Waals surface area contributed by atoms with Gasteiger partial charge in [0.25, 0.3) is 5.91 Å². The minimum Gasteiger partial charge on any atom is -0.507 e. The van der Waals surface area contributed by atoms with Crippen LogP contribution in [0.15, 0.2) is 42.5 Å². The summed E-state index contributed by atoms with van der Waals surface area (Å²) < 4.78 is 0.887. The van der Waals surface area contributed by atoms with Gasteiger partial charge in [-0.05, 0) is 59.3 Å². The first-order chi connectivity index (χ1) is 9.49. The smallest absolute Gasteiger partial charge is 0.255 e. The number of nitrogens with two attached hydrogens (primary N) is 1. The van der Waals surface area contributed by atoms with Gasteiger partial charge in [0, 0.05) is 9.26 Å². The van der Waals surface area contributed by atoms with E-state index >= 15 is 0 Å². The maximum absolute atomic E-state index is 12.2. The number of amides is 1. The fourth-order valence-corrected chi connectivity index (χ4v) is 2.44. The number of carbonyl (C=O) groups is 1. The number of anilines is 1. The number of rotatable bonds is 3. The zero-order chi connectivity index (χ0) is 14.7. The molecule has 1 atom stereocenters. The second-order valence-corrected chi connectivity index (χ2v) is 5.73. The standard InChI is InChI=1S/C15H15IN2O2/c1-9(11-4-2-3-5-13(11)17)18-15(20)12-8-10(16)6-7-14(12)19/h2-9,19H,17H2,1H3,(H,18,20). The summed E-state index contributed by atoms with van der Waals surface area (Å²) in [5.41, 5.74) is 7.63. The van der Waals surface area contributed by atoms with E-state index in [1.807, 2.05) is 25.1 Å². The molecule has 2 aromatic carbocycles. The number of carbonyl (C=O) groups excluding carboxylic acids is 1. The van der Waals surface area contributed by atoms with Crippen LogP contribution in [0.4, 0.5) is 5.69 Å². The van der Waals surface area contributed by atoms with Gasteiger partial charge in [-0.3, -0.25) is 4.79 Å². The van der Waals surface area contributed by atoms with Gasteiger partial charge in [0.05, 0.1) is 11.6 Å². The fourth-order valence-electron chi connectivity index (χ4n) is 1.95. The topological polar surface area (TPSA) is 75.3 Å². The number of hydrogen-bond donors (Lipinski definition) is 3. The number of phenolic OH excluding ortho intramolecular Hbond substituents is 1. The number of para-hydroxylation sites is 1. The molecule has 0 bridgehead atoms. The monoisotopic (exact) mass is 382 g/mol. The Morgan fingerprint density at radius 2 is 2.00 bits per heavy atom. The van der Waals surface area contributed by atoms with Crippen LogP contribution in [-0.4, -0.2) is 11.0 Å². The van der Waals surface area contributed by atoms with Crippen molar-refractivity contribution in [3.63, 3.8) is 0 Å². The first-order valence-corrected chi connectivity index (χ1v) is 7.20. The molecule has 0 aliphatic carbocycles. The Labute approximate surface area is 131 Å². The van der Waals surface area contributed by atoms with Crippen LogP contribution in [0.25, 0.3) is 0 Å². The molecule has 5 heteroatoms. The Morgan fingerprint density at radius 1 is 1.30 bits per heavy atom. The molecule has 0 aromatic heterocycles. The molecule has 1 amide bonds. The Balaban J connectivity index is 2.20. The number of nitrogens with one attached hydrogen (secondary N) is 1. The second-order valence-electron chi connectivity index (χ2n) is 4.49. The van der Waals surface area contributed by atoms with Crippen LogP contribution in [0.1, 0.15) is 28.9 Å². The third-order valence-electron chi connectivity index (χ3n) is 3.01. The first kappa shape index (κ1) is 14.6. The summed E-state index contributed by atoms with van der Waals surface area (Å²) >= 11 is 2.09. The molecule has 0 saturated carbocycles. The van der Waals surface area contributed by atoms with Crippen LogP contribution in [0.2, 0.25) is 0 Å². The number of aromatic hydroxyl groups is 1. The number of hydrogen-bond acceptors (Lipinski definition) is 3. The van der Waals surface area contributed by atoms with E-state index in [9.17, 15) is 9.90 Å². The van der Waals surface area contributed by atoms with Gasteiger partial charge in [0.2, 0.25) is 0 Å². The van der Waals surface area contributed by atoms with Crippen molar-refractivity contribution in [2.45, 2.75) is 13.0 Å². The van der Waals surface area contributed by atoms with Crippen LogP contribution in [0.5, 0.6) is 5.75 Å². The average molecular weight is 382 g/mol. The molecule has 4 nitrogen and oxygen atoms in total. The highest BCUT2D eigenvalue weighted by Crippen LogP contribution is 2.23. The van der Waals surface area contributed by atoms with Crippen LogP contribution >= 0.6 is 22.6 Å². The van der Waals surface area contributed by atoms with E-state index < -0.39 is 0 Å². The fraction of sp³-hybridized carbons (Fsp3) is 0.133. The summed E-state index contributed by atoms with van der Waals surface area (Å²) in [6.07, 6.45) is 0. The molecule has 1 unspecified atom stereocenters. The molecule has 0 heterocycles. The molecular weight excluding hydrogens is 367 g/mol. The van der Waals surface area contributed by atoms with Crippen molar-refractivity contribution >= 4 is 34.2 Å². The summed E-state index contributed by atoms with van der Waals surface area (Å²) in [5.74, 6) is -0.354. The average Bonchev–Trinajstić information content (AvgIpc) is 2.41. The van der Waals surface area contributed by atoms with Crippen molar-refractivity contribution in [3.8, 4) is 5.75 Å². The van der Waals surface area contributed by atoms with Crippen molar-refractivity contribution in [3.05, 3.63) is 57.2 Å². The highest BCUT2D eigenvalue weighted by atomic mass is 127. The van der Waals surface area contributed by atoms with Gasteiger partial charge in [0.1, 0.15) is 5.75 Å². The molecule has 2 rings (SSSR count). The van der Waals surface area contributed by atoms with Gasteiger partial charge in [-0.15, -0.1) is 0 Å². The largest absolute Gasteiger partial charge is 0.507 e. The lowest BCUT2D eigenvalue weighted by molar-refractivity contribution is 0.0937. The lowest BCUT2D eigenvalue weighted by Gasteiger charge is -2.16. The molecule has 4 N–H and O–H groups in total. The summed E-state index contributed by atoms with van der Waals surface area (Å²) in [6.45, 7) is 1.86. The van der Waals surface area contributed by atoms with Crippen LogP contribution in [0.3, 0.4) is 0 Å². The van der Waals surface area contributed by atoms with E-state index in [2.05, 4.69) is 27.9 Å². The normalized spacial score (nSPS) is 11.9. The molecule has 0 aliphatic heterocycles. The molecule has 0 fully saturated rings. The number of halogens is 1. The van der Waals surface area contributed by atoms with E-state index in [-0.39, 0.29) is 23.3 Å². The third-order valence-corrected chi connectivity index (χ3v) is 3.68. The van der Waals surface area contributed by atoms with Gasteiger partial charge < -0.3 is 16.2 Å². The summed E-state index contributed by atoms with van der Waals surface area (Å²) in [6, 6.07) is 12.0. The molecule has 2 aromatic rings. The van der Waals surface area contributed by atoms with Gasteiger partial charge in [-0.1, -0.05) is 18.2 Å². The van der Waals surface area contributed by atoms with Gasteiger partial charge in [-0.2, -0.15) is 0 Å². The zero-order valence-electron chi connectivity index (χ0n) is 10.9. The van der Waals surface area contributed by atoms with Gasteiger partial charge in [0.15, 0.2) is 0 Å². The summed E-state index contributed by atoms with van der Waals surface area (Å²) in [5, 5.41) is 12.6. The highest BCUT2D eigenvalue weighted by molar-refractivity contribution is 14.1. The summed E-state index contributed by atoms with van der Waals surface area (Å²) in [7, 11) is 0. The minimum atomic E-state index is -0.322. The van der Waals surface area contributed by atoms with Crippen molar-refractivity contribution < 1.29 is 9.90 Å². The Hall–Kier alpha value is -1.76. The maximum Gasteiger partial charge on any atom is 0.255 e. The number of phenols is 1. The van der Waals surface area contributed by atoms with E-state index in [0.29, 0.717) is 5.69 Å². The predicted octanol–water partition coefficient (Wildman–Crippen LogP) is 3.07. The maximum atomic E-state index is 12.2. The van der Waals surface area contributed by atoms with Gasteiger partial charge in [-0.25, -0.2) is 0 Å². The van der Waals surface area contributed by atoms with Crippen molar-refractivity contribution in [1.29, 1.82) is 0 Å². The Kier molecular flexibility index (Phi) is 4.49. The predicted molar refractivity (Wildman–Crippen MR) is 87.6 cm³/mol. The summed E-state index contributed by atoms with van der Waals surface area (Å²) in [4.78, 5) is 12.2. The van der Waals surface area contributed by atoms with Crippen LogP contribution in [0, 0.1) is 3.57 Å². The van der Waals surface area contributed by atoms with E-state index in [0.717, 1.165) is 9.13 Å². The van der Waals surface area contributed by atoms with Gasteiger partial charge >= 0.3 is 0 Å². The third kappa shape index (κ3) is 3.22. The number of benzene rings is 2. The highest BCUT2D eigenvalue weighted by Gasteiger charge is 2.16.